The summed E-state index contributed by atoms with van der Waals surface area (Å²) in [5.74, 6) is -1.59. The van der Waals surface area contributed by atoms with Crippen LogP contribution >= 0.6 is 0 Å². The van der Waals surface area contributed by atoms with E-state index < -0.39 is 28.5 Å². The summed E-state index contributed by atoms with van der Waals surface area (Å²) in [6, 6.07) is 4.58. The van der Waals surface area contributed by atoms with E-state index in [2.05, 4.69) is 10.6 Å². The second kappa shape index (κ2) is 8.85. The molecule has 0 spiro atoms. The van der Waals surface area contributed by atoms with Gasteiger partial charge in [0.15, 0.2) is 6.61 Å². The van der Waals surface area contributed by atoms with Crippen molar-refractivity contribution < 1.29 is 27.5 Å². The SMILES string of the molecule is CCCNC(=O)CNC(=O)COC(=O)c1ccc2c(c1)CCN2S(C)(=O)=O. The highest BCUT2D eigenvalue weighted by atomic mass is 32.2. The number of anilines is 1. The van der Waals surface area contributed by atoms with Crippen LogP contribution in [0.1, 0.15) is 29.3 Å². The lowest BCUT2D eigenvalue weighted by molar-refractivity contribution is -0.127. The maximum Gasteiger partial charge on any atom is 0.338 e. The summed E-state index contributed by atoms with van der Waals surface area (Å²) >= 11 is 0. The maximum absolute atomic E-state index is 12.1. The third-order valence-corrected chi connectivity index (χ3v) is 5.10. The minimum Gasteiger partial charge on any atom is -0.452 e. The molecule has 2 amide bonds. The first-order valence-electron chi connectivity index (χ1n) is 8.53. The van der Waals surface area contributed by atoms with Gasteiger partial charge in [0.1, 0.15) is 0 Å². The van der Waals surface area contributed by atoms with Crippen LogP contribution in [0, 0.1) is 0 Å². The van der Waals surface area contributed by atoms with Gasteiger partial charge in [-0.25, -0.2) is 13.2 Å². The van der Waals surface area contributed by atoms with Gasteiger partial charge >= 0.3 is 5.97 Å². The lowest BCUT2D eigenvalue weighted by Crippen LogP contribution is -2.38. The maximum atomic E-state index is 12.1. The molecule has 0 aliphatic carbocycles. The van der Waals surface area contributed by atoms with Crippen LogP contribution in [-0.2, 0) is 30.8 Å². The third kappa shape index (κ3) is 5.68. The van der Waals surface area contributed by atoms with Gasteiger partial charge in [-0.3, -0.25) is 13.9 Å². The molecule has 1 aromatic carbocycles. The number of sulfonamides is 1. The zero-order chi connectivity index (χ0) is 20.0. The summed E-state index contributed by atoms with van der Waals surface area (Å²) < 4.78 is 29.7. The molecule has 1 aliphatic rings. The van der Waals surface area contributed by atoms with Gasteiger partial charge in [0.2, 0.25) is 15.9 Å². The number of amides is 2. The monoisotopic (exact) mass is 397 g/mol. The molecule has 27 heavy (non-hydrogen) atoms. The molecule has 0 saturated heterocycles. The quantitative estimate of drug-likeness (QED) is 0.586. The normalized spacial score (nSPS) is 13.0. The van der Waals surface area contributed by atoms with Gasteiger partial charge < -0.3 is 15.4 Å². The number of hydrogen-bond donors (Lipinski definition) is 2. The van der Waals surface area contributed by atoms with Crippen molar-refractivity contribution in [2.45, 2.75) is 19.8 Å². The number of esters is 1. The zero-order valence-electron chi connectivity index (χ0n) is 15.3. The number of benzene rings is 1. The van der Waals surface area contributed by atoms with Crippen molar-refractivity contribution in [3.05, 3.63) is 29.3 Å². The predicted octanol–water partition coefficient (Wildman–Crippen LogP) is -0.192. The predicted molar refractivity (Wildman–Crippen MR) is 98.9 cm³/mol. The van der Waals surface area contributed by atoms with Crippen LogP contribution in [0.15, 0.2) is 18.2 Å². The van der Waals surface area contributed by atoms with Crippen LogP contribution in [-0.4, -0.2) is 58.7 Å². The van der Waals surface area contributed by atoms with Gasteiger partial charge in [-0.05, 0) is 36.6 Å². The molecule has 0 unspecified atom stereocenters. The van der Waals surface area contributed by atoms with Crippen LogP contribution in [0.5, 0.6) is 0 Å². The Morgan fingerprint density at radius 2 is 1.93 bits per heavy atom. The standard InChI is InChI=1S/C17H23N3O6S/c1-3-7-18-15(21)10-19-16(22)11-26-17(23)13-4-5-14-12(9-13)6-8-20(14)27(2,24)25/h4-5,9H,3,6-8,10-11H2,1-2H3,(H,18,21)(H,19,22). The first kappa shape index (κ1) is 20.7. The minimum absolute atomic E-state index is 0.184. The number of ether oxygens (including phenoxy) is 1. The van der Waals surface area contributed by atoms with E-state index in [1.807, 2.05) is 6.92 Å². The van der Waals surface area contributed by atoms with Crippen molar-refractivity contribution in [3.63, 3.8) is 0 Å². The second-order valence-electron chi connectivity index (χ2n) is 6.13. The Labute approximate surface area is 158 Å². The largest absolute Gasteiger partial charge is 0.452 e. The Balaban J connectivity index is 1.87. The van der Waals surface area contributed by atoms with Gasteiger partial charge in [-0.2, -0.15) is 0 Å². The van der Waals surface area contributed by atoms with Crippen molar-refractivity contribution in [3.8, 4) is 0 Å². The van der Waals surface area contributed by atoms with Gasteiger partial charge in [0.25, 0.3) is 5.91 Å². The van der Waals surface area contributed by atoms with E-state index in [-0.39, 0.29) is 18.0 Å². The Hall–Kier alpha value is -2.62. The first-order valence-corrected chi connectivity index (χ1v) is 10.4. The number of carbonyl (C=O) groups excluding carboxylic acids is 3. The van der Waals surface area contributed by atoms with E-state index in [1.54, 1.807) is 12.1 Å². The van der Waals surface area contributed by atoms with Gasteiger partial charge in [0.05, 0.1) is 24.1 Å². The van der Waals surface area contributed by atoms with Crippen molar-refractivity contribution in [2.75, 3.05) is 36.8 Å². The molecule has 0 saturated carbocycles. The minimum atomic E-state index is -3.36. The molecule has 1 aromatic rings. The fourth-order valence-corrected chi connectivity index (χ4v) is 3.57. The van der Waals surface area contributed by atoms with Crippen molar-refractivity contribution in [1.82, 2.24) is 10.6 Å². The zero-order valence-corrected chi connectivity index (χ0v) is 16.1. The second-order valence-corrected chi connectivity index (χ2v) is 8.04. The molecule has 2 N–H and O–H groups in total. The van der Waals surface area contributed by atoms with Crippen LogP contribution in [0.4, 0.5) is 5.69 Å². The smallest absolute Gasteiger partial charge is 0.338 e. The number of hydrogen-bond acceptors (Lipinski definition) is 6. The van der Waals surface area contributed by atoms with Gasteiger partial charge in [-0.15, -0.1) is 0 Å². The van der Waals surface area contributed by atoms with E-state index in [4.69, 9.17) is 4.74 Å². The van der Waals surface area contributed by atoms with Crippen LogP contribution < -0.4 is 14.9 Å². The lowest BCUT2D eigenvalue weighted by atomic mass is 10.1. The van der Waals surface area contributed by atoms with E-state index in [9.17, 15) is 22.8 Å². The Morgan fingerprint density at radius 1 is 1.19 bits per heavy atom. The molecule has 0 fully saturated rings. The molecule has 9 nitrogen and oxygen atoms in total. The highest BCUT2D eigenvalue weighted by Crippen LogP contribution is 2.30. The fourth-order valence-electron chi connectivity index (χ4n) is 2.61. The molecule has 10 heteroatoms. The lowest BCUT2D eigenvalue weighted by Gasteiger charge is -2.16. The Morgan fingerprint density at radius 3 is 2.59 bits per heavy atom. The molecule has 0 radical (unpaired) electrons. The average molecular weight is 397 g/mol. The molecule has 0 aromatic heterocycles. The molecule has 0 bridgehead atoms. The Kier molecular flexibility index (Phi) is 6.78. The number of fused-ring (bicyclic) bond motifs is 1. The summed E-state index contributed by atoms with van der Waals surface area (Å²) in [6.07, 6.45) is 2.42. The summed E-state index contributed by atoms with van der Waals surface area (Å²) in [5, 5.41) is 4.97. The fraction of sp³-hybridized carbons (Fsp3) is 0.471. The van der Waals surface area contributed by atoms with Gasteiger partial charge in [0, 0.05) is 13.1 Å². The number of nitrogens with zero attached hydrogens (tertiary/aromatic N) is 1. The van der Waals surface area contributed by atoms with Gasteiger partial charge in [-0.1, -0.05) is 6.92 Å². The summed E-state index contributed by atoms with van der Waals surface area (Å²) in [7, 11) is -3.36. The molecule has 1 heterocycles. The van der Waals surface area contributed by atoms with Crippen molar-refractivity contribution in [2.24, 2.45) is 0 Å². The topological polar surface area (TPSA) is 122 Å². The number of rotatable bonds is 8. The Bertz CT molecular complexity index is 837. The molecule has 1 aliphatic heterocycles. The van der Waals surface area contributed by atoms with Crippen LogP contribution in [0.2, 0.25) is 0 Å². The summed E-state index contributed by atoms with van der Waals surface area (Å²) in [6.45, 7) is 2.08. The average Bonchev–Trinajstić information content (AvgIpc) is 3.06. The first-order chi connectivity index (χ1) is 12.7. The molecule has 2 rings (SSSR count). The third-order valence-electron chi connectivity index (χ3n) is 3.92. The highest BCUT2D eigenvalue weighted by molar-refractivity contribution is 7.92. The molecular weight excluding hydrogens is 374 g/mol. The number of nitrogens with one attached hydrogen (secondary N) is 2. The van der Waals surface area contributed by atoms with E-state index in [0.29, 0.717) is 25.2 Å². The van der Waals surface area contributed by atoms with E-state index in [1.165, 1.54) is 10.4 Å². The summed E-state index contributed by atoms with van der Waals surface area (Å²) in [4.78, 5) is 35.1. The van der Waals surface area contributed by atoms with Crippen molar-refractivity contribution >= 4 is 33.5 Å². The highest BCUT2D eigenvalue weighted by Gasteiger charge is 2.27. The van der Waals surface area contributed by atoms with E-state index >= 15 is 0 Å². The molecule has 0 atom stereocenters. The van der Waals surface area contributed by atoms with Crippen LogP contribution in [0.25, 0.3) is 0 Å². The molecule has 148 valence electrons. The van der Waals surface area contributed by atoms with Crippen molar-refractivity contribution in [1.29, 1.82) is 0 Å². The van der Waals surface area contributed by atoms with E-state index in [0.717, 1.165) is 18.2 Å². The number of carbonyl (C=O) groups is 3. The molecular formula is C17H23N3O6S. The summed E-state index contributed by atoms with van der Waals surface area (Å²) in [5.41, 5.74) is 1.51. The van der Waals surface area contributed by atoms with Crippen LogP contribution in [0.3, 0.4) is 0 Å².